The molecule has 10 rings (SSSR count). The van der Waals surface area contributed by atoms with E-state index < -0.39 is 0 Å². The number of furan rings is 1. The first kappa shape index (κ1) is 39.3. The average molecular weight is 807 g/mol. The summed E-state index contributed by atoms with van der Waals surface area (Å²) in [6, 6.07) is 56.5. The Morgan fingerprint density at radius 2 is 1.41 bits per heavy atom. The zero-order chi connectivity index (χ0) is 41.7. The molecule has 61 heavy (non-hydrogen) atoms. The van der Waals surface area contributed by atoms with Gasteiger partial charge in [-0.05, 0) is 149 Å². The van der Waals surface area contributed by atoms with E-state index in [0.717, 1.165) is 54.1 Å². The Morgan fingerprint density at radius 3 is 2.30 bits per heavy atom. The van der Waals surface area contributed by atoms with E-state index in [1.165, 1.54) is 81.2 Å². The maximum atomic E-state index is 6.29. The van der Waals surface area contributed by atoms with Crippen LogP contribution in [0.3, 0.4) is 0 Å². The fourth-order valence-electron chi connectivity index (χ4n) is 8.54. The molecule has 296 valence electrons. The van der Waals surface area contributed by atoms with Crippen molar-refractivity contribution in [1.82, 2.24) is 0 Å². The van der Waals surface area contributed by atoms with Gasteiger partial charge >= 0.3 is 0 Å². The molecule has 0 amide bonds. The van der Waals surface area contributed by atoms with Crippen LogP contribution in [0.15, 0.2) is 186 Å². The van der Waals surface area contributed by atoms with Crippen molar-refractivity contribution in [2.75, 3.05) is 0 Å². The third-order valence-electron chi connectivity index (χ3n) is 11.7. The van der Waals surface area contributed by atoms with Gasteiger partial charge in [-0.15, -0.1) is 24.2 Å². The highest BCUT2D eigenvalue weighted by Crippen LogP contribution is 2.41. The molecule has 1 aliphatic rings. The average Bonchev–Trinajstić information content (AvgIpc) is 3.88. The van der Waals surface area contributed by atoms with Crippen LogP contribution in [0.2, 0.25) is 0 Å². The molecule has 0 aliphatic heterocycles. The van der Waals surface area contributed by atoms with Gasteiger partial charge in [-0.3, -0.25) is 0 Å². The zero-order valence-corrected chi connectivity index (χ0v) is 35.3. The van der Waals surface area contributed by atoms with Crippen molar-refractivity contribution in [3.63, 3.8) is 0 Å². The quantitative estimate of drug-likeness (QED) is 0.101. The molecule has 2 heterocycles. The molecule has 0 radical (unpaired) electrons. The topological polar surface area (TPSA) is 22.4 Å². The molecule has 7 aromatic carbocycles. The summed E-state index contributed by atoms with van der Waals surface area (Å²) in [5.41, 5.74) is 14.6. The van der Waals surface area contributed by atoms with Crippen LogP contribution < -0.4 is 4.74 Å². The lowest BCUT2D eigenvalue weighted by Crippen LogP contribution is -1.98. The highest BCUT2D eigenvalue weighted by molar-refractivity contribution is 7.25. The number of hydrogen-bond donors (Lipinski definition) is 0. The molecule has 3 heteroatoms. The zero-order valence-electron chi connectivity index (χ0n) is 34.5. The van der Waals surface area contributed by atoms with Gasteiger partial charge in [0.25, 0.3) is 0 Å². The number of aryl methyl sites for hydroxylation is 1. The standard InChI is InChI=1S/C56H44O2S.C2H2/c1-37(40-17-11-19-43(34-40)46-24-13-27-51(38(46)2)57-45-21-7-4-8-22-45)15-5-3-6-16-39-29-31-54-49(33-39)50-36-42(30-32-55(50)59-54)41-18-12-20-44(35-41)47-25-14-28-53-56(47)48-23-9-10-26-52(48)58-53;1-2/h3-4,6-13,15,17-27,29-36H,5,14,16,28H2,1-2H3;1-2H/b6-3-,37-15+;. The van der Waals surface area contributed by atoms with E-state index >= 15 is 0 Å². The van der Waals surface area contributed by atoms with Crippen molar-refractivity contribution in [2.45, 2.75) is 39.5 Å². The minimum Gasteiger partial charge on any atom is -0.460 e. The van der Waals surface area contributed by atoms with Crippen molar-refractivity contribution < 1.29 is 9.15 Å². The second-order valence-corrected chi connectivity index (χ2v) is 16.6. The number of fused-ring (bicyclic) bond motifs is 6. The highest BCUT2D eigenvalue weighted by Gasteiger charge is 2.22. The Morgan fingerprint density at radius 1 is 0.672 bits per heavy atom. The van der Waals surface area contributed by atoms with Crippen LogP contribution in [-0.4, -0.2) is 0 Å². The van der Waals surface area contributed by atoms with E-state index in [1.54, 1.807) is 0 Å². The maximum absolute atomic E-state index is 6.29. The monoisotopic (exact) mass is 806 g/mol. The molecular formula is C58H46O2S. The van der Waals surface area contributed by atoms with Crippen molar-refractivity contribution in [2.24, 2.45) is 0 Å². The second-order valence-electron chi connectivity index (χ2n) is 15.5. The molecule has 0 spiro atoms. The Labute approximate surface area is 362 Å². The van der Waals surface area contributed by atoms with Gasteiger partial charge in [0.2, 0.25) is 0 Å². The van der Waals surface area contributed by atoms with Gasteiger partial charge in [-0.2, -0.15) is 0 Å². The smallest absolute Gasteiger partial charge is 0.134 e. The summed E-state index contributed by atoms with van der Waals surface area (Å²) < 4.78 is 15.2. The van der Waals surface area contributed by atoms with Crippen molar-refractivity contribution in [3.05, 3.63) is 216 Å². The number of benzene rings is 7. The molecule has 0 fully saturated rings. The van der Waals surface area contributed by atoms with Crippen LogP contribution in [0.25, 0.3) is 64.5 Å². The second kappa shape index (κ2) is 17.6. The highest BCUT2D eigenvalue weighted by atomic mass is 32.1. The molecule has 0 unspecified atom stereocenters. The Bertz CT molecular complexity index is 3150. The van der Waals surface area contributed by atoms with Crippen LogP contribution >= 0.6 is 11.3 Å². The van der Waals surface area contributed by atoms with Gasteiger partial charge in [0, 0.05) is 37.5 Å². The first-order chi connectivity index (χ1) is 30.1. The predicted molar refractivity (Wildman–Crippen MR) is 261 cm³/mol. The van der Waals surface area contributed by atoms with Crippen LogP contribution in [0.1, 0.15) is 53.3 Å². The largest absolute Gasteiger partial charge is 0.460 e. The Kier molecular flexibility index (Phi) is 11.4. The number of ether oxygens (including phenoxy) is 1. The van der Waals surface area contributed by atoms with E-state index in [-0.39, 0.29) is 0 Å². The number of rotatable bonds is 10. The maximum Gasteiger partial charge on any atom is 0.134 e. The summed E-state index contributed by atoms with van der Waals surface area (Å²) in [7, 11) is 0. The van der Waals surface area contributed by atoms with Crippen molar-refractivity contribution >= 4 is 53.6 Å². The predicted octanol–water partition coefficient (Wildman–Crippen LogP) is 16.5. The minimum atomic E-state index is 0.845. The summed E-state index contributed by atoms with van der Waals surface area (Å²) in [6.07, 6.45) is 21.0. The number of hydrogen-bond acceptors (Lipinski definition) is 3. The molecule has 0 bridgehead atoms. The van der Waals surface area contributed by atoms with E-state index in [2.05, 4.69) is 172 Å². The molecule has 9 aromatic rings. The third-order valence-corrected chi connectivity index (χ3v) is 12.8. The van der Waals surface area contributed by atoms with Crippen molar-refractivity contribution in [1.29, 1.82) is 0 Å². The lowest BCUT2D eigenvalue weighted by atomic mass is 9.88. The fourth-order valence-corrected chi connectivity index (χ4v) is 9.61. The van der Waals surface area contributed by atoms with Gasteiger partial charge < -0.3 is 9.15 Å². The number of terminal acetylenes is 1. The molecule has 2 aromatic heterocycles. The van der Waals surface area contributed by atoms with Gasteiger partial charge in [0.1, 0.15) is 22.8 Å². The summed E-state index contributed by atoms with van der Waals surface area (Å²) >= 11 is 1.88. The molecule has 0 N–H and O–H groups in total. The molecule has 0 saturated heterocycles. The lowest BCUT2D eigenvalue weighted by molar-refractivity contribution is 0.479. The SMILES string of the molecule is C#C.C/C(=C\C/C=C\Cc1ccc2sc3ccc(-c4cccc(C5=CCCc6oc7ccccc7c65)c4)cc3c2c1)c1cccc(-c2cccc(Oc3ccccc3)c2C)c1. The lowest BCUT2D eigenvalue weighted by Gasteiger charge is -2.15. The normalized spacial score (nSPS) is 12.7. The van der Waals surface area contributed by atoms with Crippen LogP contribution in [-0.2, 0) is 12.8 Å². The molecule has 2 nitrogen and oxygen atoms in total. The van der Waals surface area contributed by atoms with Crippen LogP contribution in [0.4, 0.5) is 0 Å². The molecule has 0 atom stereocenters. The molecule has 0 saturated carbocycles. The summed E-state index contributed by atoms with van der Waals surface area (Å²) in [6.45, 7) is 4.34. The van der Waals surface area contributed by atoms with E-state index in [1.807, 2.05) is 47.7 Å². The van der Waals surface area contributed by atoms with E-state index in [9.17, 15) is 0 Å². The van der Waals surface area contributed by atoms with Gasteiger partial charge in [0.05, 0.1) is 0 Å². The first-order valence-corrected chi connectivity index (χ1v) is 21.7. The van der Waals surface area contributed by atoms with Gasteiger partial charge in [-0.25, -0.2) is 0 Å². The molecular weight excluding hydrogens is 761 g/mol. The van der Waals surface area contributed by atoms with Crippen LogP contribution in [0.5, 0.6) is 11.5 Å². The van der Waals surface area contributed by atoms with Gasteiger partial charge in [0.15, 0.2) is 0 Å². The number of allylic oxidation sites excluding steroid dienone is 5. The summed E-state index contributed by atoms with van der Waals surface area (Å²) in [5.74, 6) is 2.82. The van der Waals surface area contributed by atoms with Crippen molar-refractivity contribution in [3.8, 4) is 46.6 Å². The number of para-hydroxylation sites is 2. The third kappa shape index (κ3) is 8.12. The minimum absolute atomic E-state index is 0.845. The summed E-state index contributed by atoms with van der Waals surface area (Å²) in [5, 5.41) is 3.86. The summed E-state index contributed by atoms with van der Waals surface area (Å²) in [4.78, 5) is 0. The van der Waals surface area contributed by atoms with Gasteiger partial charge in [-0.1, -0.05) is 121 Å². The molecule has 1 aliphatic carbocycles. The first-order valence-electron chi connectivity index (χ1n) is 20.9. The van der Waals surface area contributed by atoms with Crippen LogP contribution in [0, 0.1) is 19.8 Å². The van der Waals surface area contributed by atoms with E-state index in [0.29, 0.717) is 0 Å². The Hall–Kier alpha value is -7.12. The Balaban J connectivity index is 0.00000235. The van der Waals surface area contributed by atoms with E-state index in [4.69, 9.17) is 9.15 Å². The number of thiophene rings is 1. The fraction of sp³-hybridized carbons (Fsp3) is 0.103.